The predicted molar refractivity (Wildman–Crippen MR) is 64.0 cm³/mol. The number of hydrogen-bond acceptors (Lipinski definition) is 1. The summed E-state index contributed by atoms with van der Waals surface area (Å²) in [6, 6.07) is 5.67. The molecule has 2 N–H and O–H groups in total. The normalized spacial score (nSPS) is 15.7. The zero-order valence-electron chi connectivity index (χ0n) is 8.64. The SMILES string of the molecule is O=C1NCCCc2c1[nH]c1ccc(Cl)cc21. The molecule has 1 aliphatic rings. The lowest BCUT2D eigenvalue weighted by molar-refractivity contribution is 0.0952. The summed E-state index contributed by atoms with van der Waals surface area (Å²) in [7, 11) is 0. The minimum absolute atomic E-state index is 0.0141. The lowest BCUT2D eigenvalue weighted by Gasteiger charge is -1.97. The summed E-state index contributed by atoms with van der Waals surface area (Å²) in [6.45, 7) is 0.739. The minimum atomic E-state index is -0.0141. The molecule has 0 atom stereocenters. The van der Waals surface area contributed by atoms with Crippen molar-refractivity contribution in [2.24, 2.45) is 0 Å². The quantitative estimate of drug-likeness (QED) is 0.723. The zero-order chi connectivity index (χ0) is 11.1. The number of aryl methyl sites for hydroxylation is 1. The van der Waals surface area contributed by atoms with Gasteiger partial charge in [-0.3, -0.25) is 4.79 Å². The van der Waals surface area contributed by atoms with E-state index in [4.69, 9.17) is 11.6 Å². The van der Waals surface area contributed by atoms with Gasteiger partial charge in [-0.05, 0) is 36.6 Å². The van der Waals surface area contributed by atoms with Crippen LogP contribution in [0.15, 0.2) is 18.2 Å². The average Bonchev–Trinajstić information content (AvgIpc) is 2.52. The Morgan fingerprint density at radius 2 is 2.19 bits per heavy atom. The van der Waals surface area contributed by atoms with Gasteiger partial charge >= 0.3 is 0 Å². The molecule has 0 spiro atoms. The van der Waals surface area contributed by atoms with Crippen molar-refractivity contribution >= 4 is 28.4 Å². The van der Waals surface area contributed by atoms with Gasteiger partial charge in [0.05, 0.1) is 0 Å². The highest BCUT2D eigenvalue weighted by Crippen LogP contribution is 2.27. The number of amides is 1. The summed E-state index contributed by atoms with van der Waals surface area (Å²) in [5.41, 5.74) is 2.76. The maximum Gasteiger partial charge on any atom is 0.268 e. The molecule has 0 fully saturated rings. The Hall–Kier alpha value is -1.48. The molecule has 0 saturated carbocycles. The standard InChI is InChI=1S/C12H11ClN2O/c13-7-3-4-10-9(6-7)8-2-1-5-14-12(16)11(8)15-10/h3-4,6,15H,1-2,5H2,(H,14,16). The van der Waals surface area contributed by atoms with Gasteiger partial charge in [0.1, 0.15) is 5.69 Å². The first-order chi connectivity index (χ1) is 7.75. The number of fused-ring (bicyclic) bond motifs is 3. The summed E-state index contributed by atoms with van der Waals surface area (Å²) < 4.78 is 0. The lowest BCUT2D eigenvalue weighted by Crippen LogP contribution is -2.22. The molecule has 2 aromatic rings. The van der Waals surface area contributed by atoms with Crippen LogP contribution in [0.5, 0.6) is 0 Å². The Balaban J connectivity index is 2.30. The first kappa shape index (κ1) is 9.73. The van der Waals surface area contributed by atoms with Crippen molar-refractivity contribution < 1.29 is 4.79 Å². The molecule has 1 aromatic heterocycles. The number of benzene rings is 1. The molecule has 3 rings (SSSR count). The topological polar surface area (TPSA) is 44.9 Å². The highest BCUT2D eigenvalue weighted by atomic mass is 35.5. The van der Waals surface area contributed by atoms with Crippen LogP contribution >= 0.6 is 11.6 Å². The summed E-state index contributed by atoms with van der Waals surface area (Å²) in [5.74, 6) is -0.0141. The molecule has 2 heterocycles. The van der Waals surface area contributed by atoms with E-state index in [9.17, 15) is 4.79 Å². The van der Waals surface area contributed by atoms with E-state index in [1.807, 2.05) is 18.2 Å². The first-order valence-electron chi connectivity index (χ1n) is 5.34. The van der Waals surface area contributed by atoms with Crippen molar-refractivity contribution in [1.29, 1.82) is 0 Å². The molecule has 3 nitrogen and oxygen atoms in total. The van der Waals surface area contributed by atoms with Crippen molar-refractivity contribution in [2.75, 3.05) is 6.54 Å². The minimum Gasteiger partial charge on any atom is -0.351 e. The third-order valence-electron chi connectivity index (χ3n) is 2.98. The summed E-state index contributed by atoms with van der Waals surface area (Å²) in [6.07, 6.45) is 1.88. The second kappa shape index (κ2) is 3.52. The average molecular weight is 235 g/mol. The summed E-state index contributed by atoms with van der Waals surface area (Å²) >= 11 is 5.98. The van der Waals surface area contributed by atoms with Gasteiger partial charge in [0.25, 0.3) is 5.91 Å². The van der Waals surface area contributed by atoms with Gasteiger partial charge in [-0.25, -0.2) is 0 Å². The predicted octanol–water partition coefficient (Wildman–Crippen LogP) is 2.50. The molecule has 0 radical (unpaired) electrons. The smallest absolute Gasteiger partial charge is 0.268 e. The van der Waals surface area contributed by atoms with Crippen LogP contribution in [0.2, 0.25) is 5.02 Å². The van der Waals surface area contributed by atoms with E-state index in [-0.39, 0.29) is 5.91 Å². The number of carbonyl (C=O) groups is 1. The lowest BCUT2D eigenvalue weighted by atomic mass is 10.1. The Morgan fingerprint density at radius 1 is 1.31 bits per heavy atom. The Kier molecular flexibility index (Phi) is 2.14. The number of aromatic amines is 1. The summed E-state index contributed by atoms with van der Waals surface area (Å²) in [5, 5.41) is 4.65. The molecule has 0 aliphatic carbocycles. The van der Waals surface area contributed by atoms with Crippen LogP contribution in [0.4, 0.5) is 0 Å². The van der Waals surface area contributed by atoms with E-state index in [0.29, 0.717) is 10.7 Å². The van der Waals surface area contributed by atoms with Gasteiger partial charge in [0.2, 0.25) is 0 Å². The molecular weight excluding hydrogens is 224 g/mol. The second-order valence-electron chi connectivity index (χ2n) is 4.03. The van der Waals surface area contributed by atoms with Gasteiger partial charge in [0, 0.05) is 22.5 Å². The summed E-state index contributed by atoms with van der Waals surface area (Å²) in [4.78, 5) is 14.9. The number of halogens is 1. The van der Waals surface area contributed by atoms with Gasteiger partial charge in [-0.2, -0.15) is 0 Å². The van der Waals surface area contributed by atoms with Crippen molar-refractivity contribution in [3.63, 3.8) is 0 Å². The molecule has 1 amide bonds. The van der Waals surface area contributed by atoms with Crippen LogP contribution in [0.1, 0.15) is 22.5 Å². The molecule has 1 aromatic carbocycles. The fourth-order valence-corrected chi connectivity index (χ4v) is 2.40. The molecule has 16 heavy (non-hydrogen) atoms. The Labute approximate surface area is 97.8 Å². The third kappa shape index (κ3) is 1.39. The monoisotopic (exact) mass is 234 g/mol. The molecule has 1 aliphatic heterocycles. The van der Waals surface area contributed by atoms with E-state index in [1.54, 1.807) is 0 Å². The first-order valence-corrected chi connectivity index (χ1v) is 5.72. The van der Waals surface area contributed by atoms with Crippen LogP contribution in [0, 0.1) is 0 Å². The molecular formula is C12H11ClN2O. The fraction of sp³-hybridized carbons (Fsp3) is 0.250. The van der Waals surface area contributed by atoms with Gasteiger partial charge < -0.3 is 10.3 Å². The number of carbonyl (C=O) groups excluding carboxylic acids is 1. The molecule has 0 bridgehead atoms. The number of rotatable bonds is 0. The van der Waals surface area contributed by atoms with Crippen LogP contribution < -0.4 is 5.32 Å². The largest absolute Gasteiger partial charge is 0.351 e. The fourth-order valence-electron chi connectivity index (χ4n) is 2.23. The Bertz CT molecular complexity index is 574. The van der Waals surface area contributed by atoms with E-state index < -0.39 is 0 Å². The van der Waals surface area contributed by atoms with Crippen LogP contribution in [-0.2, 0) is 6.42 Å². The van der Waals surface area contributed by atoms with Gasteiger partial charge in [-0.1, -0.05) is 11.6 Å². The number of nitrogens with one attached hydrogen (secondary N) is 2. The number of H-pyrrole nitrogens is 1. The van der Waals surface area contributed by atoms with E-state index >= 15 is 0 Å². The van der Waals surface area contributed by atoms with Crippen molar-refractivity contribution in [1.82, 2.24) is 10.3 Å². The van der Waals surface area contributed by atoms with Crippen molar-refractivity contribution in [3.05, 3.63) is 34.5 Å². The maximum atomic E-state index is 11.8. The van der Waals surface area contributed by atoms with Crippen LogP contribution in [0.25, 0.3) is 10.9 Å². The number of hydrogen-bond donors (Lipinski definition) is 2. The van der Waals surface area contributed by atoms with Crippen molar-refractivity contribution in [2.45, 2.75) is 12.8 Å². The van der Waals surface area contributed by atoms with Crippen molar-refractivity contribution in [3.8, 4) is 0 Å². The molecule has 0 saturated heterocycles. The Morgan fingerprint density at radius 3 is 3.06 bits per heavy atom. The van der Waals surface area contributed by atoms with Gasteiger partial charge in [0.15, 0.2) is 0 Å². The highest BCUT2D eigenvalue weighted by Gasteiger charge is 2.19. The zero-order valence-corrected chi connectivity index (χ0v) is 9.40. The van der Waals surface area contributed by atoms with Gasteiger partial charge in [-0.15, -0.1) is 0 Å². The molecule has 0 unspecified atom stereocenters. The van der Waals surface area contributed by atoms with E-state index in [0.717, 1.165) is 35.9 Å². The molecule has 82 valence electrons. The highest BCUT2D eigenvalue weighted by molar-refractivity contribution is 6.31. The third-order valence-corrected chi connectivity index (χ3v) is 3.22. The number of aromatic nitrogens is 1. The molecule has 4 heteroatoms. The van der Waals surface area contributed by atoms with E-state index in [2.05, 4.69) is 10.3 Å². The van der Waals surface area contributed by atoms with E-state index in [1.165, 1.54) is 0 Å². The maximum absolute atomic E-state index is 11.8. The van der Waals surface area contributed by atoms with Crippen LogP contribution in [0.3, 0.4) is 0 Å². The van der Waals surface area contributed by atoms with Crippen LogP contribution in [-0.4, -0.2) is 17.4 Å². The second-order valence-corrected chi connectivity index (χ2v) is 4.46.